The van der Waals surface area contributed by atoms with Gasteiger partial charge in [0.25, 0.3) is 0 Å². The van der Waals surface area contributed by atoms with Crippen LogP contribution in [0, 0.1) is 6.92 Å². The highest BCUT2D eigenvalue weighted by atomic mass is 79.9. The zero-order valence-corrected chi connectivity index (χ0v) is 13.0. The second-order valence-electron chi connectivity index (χ2n) is 4.53. The molecule has 106 valence electrons. The normalized spacial score (nSPS) is 10.3. The Bertz CT molecular complexity index is 572. The van der Waals surface area contributed by atoms with Crippen molar-refractivity contribution in [3.63, 3.8) is 0 Å². The van der Waals surface area contributed by atoms with Crippen LogP contribution in [0.4, 0.5) is 5.69 Å². The summed E-state index contributed by atoms with van der Waals surface area (Å²) in [5.41, 5.74) is 7.52. The maximum atomic E-state index is 5.73. The highest BCUT2D eigenvalue weighted by molar-refractivity contribution is 9.10. The lowest BCUT2D eigenvalue weighted by atomic mass is 10.2. The third-order valence-electron chi connectivity index (χ3n) is 2.81. The first-order valence-corrected chi connectivity index (χ1v) is 7.32. The minimum atomic E-state index is 0.610. The van der Waals surface area contributed by atoms with Gasteiger partial charge < -0.3 is 15.2 Å². The van der Waals surface area contributed by atoms with Crippen LogP contribution in [0.15, 0.2) is 46.9 Å². The smallest absolute Gasteiger partial charge is 0.122 e. The van der Waals surface area contributed by atoms with Gasteiger partial charge in [-0.25, -0.2) is 0 Å². The molecule has 0 saturated heterocycles. The van der Waals surface area contributed by atoms with Crippen LogP contribution in [0.1, 0.15) is 12.0 Å². The molecule has 0 spiro atoms. The van der Waals surface area contributed by atoms with E-state index in [0.717, 1.165) is 28.0 Å². The minimum Gasteiger partial charge on any atom is -0.493 e. The van der Waals surface area contributed by atoms with E-state index in [1.807, 2.05) is 49.4 Å². The van der Waals surface area contributed by atoms with E-state index in [1.54, 1.807) is 0 Å². The molecule has 0 radical (unpaired) electrons. The van der Waals surface area contributed by atoms with Crippen molar-refractivity contribution in [1.29, 1.82) is 0 Å². The van der Waals surface area contributed by atoms with Gasteiger partial charge in [-0.1, -0.05) is 22.0 Å². The van der Waals surface area contributed by atoms with Gasteiger partial charge in [-0.3, -0.25) is 0 Å². The number of anilines is 1. The predicted molar refractivity (Wildman–Crippen MR) is 85.3 cm³/mol. The Hall–Kier alpha value is -1.68. The Balaban J connectivity index is 1.71. The molecule has 0 fully saturated rings. The molecule has 0 bridgehead atoms. The molecule has 0 amide bonds. The van der Waals surface area contributed by atoms with Crippen molar-refractivity contribution in [2.24, 2.45) is 0 Å². The van der Waals surface area contributed by atoms with E-state index in [-0.39, 0.29) is 0 Å². The molecule has 3 nitrogen and oxygen atoms in total. The topological polar surface area (TPSA) is 44.5 Å². The van der Waals surface area contributed by atoms with Gasteiger partial charge in [0.05, 0.1) is 13.2 Å². The lowest BCUT2D eigenvalue weighted by Gasteiger charge is -2.10. The maximum absolute atomic E-state index is 5.73. The van der Waals surface area contributed by atoms with Gasteiger partial charge in [0.15, 0.2) is 0 Å². The second kappa shape index (κ2) is 7.20. The van der Waals surface area contributed by atoms with Gasteiger partial charge in [-0.15, -0.1) is 0 Å². The van der Waals surface area contributed by atoms with Crippen molar-refractivity contribution in [1.82, 2.24) is 0 Å². The quantitative estimate of drug-likeness (QED) is 0.635. The molecule has 0 heterocycles. The average Bonchev–Trinajstić information content (AvgIpc) is 2.41. The maximum Gasteiger partial charge on any atom is 0.122 e. The molecule has 0 aliphatic carbocycles. The van der Waals surface area contributed by atoms with Gasteiger partial charge in [0, 0.05) is 22.6 Å². The fourth-order valence-electron chi connectivity index (χ4n) is 1.81. The standard InChI is InChI=1S/C16H18BrNO2/c1-12-10-13(17)6-7-16(12)20-9-3-8-19-15-5-2-4-14(18)11-15/h2,4-7,10-11H,3,8-9,18H2,1H3. The van der Waals surface area contributed by atoms with Crippen LogP contribution in [0.3, 0.4) is 0 Å². The Morgan fingerprint density at radius 1 is 1.05 bits per heavy atom. The Morgan fingerprint density at radius 2 is 1.85 bits per heavy atom. The zero-order valence-electron chi connectivity index (χ0n) is 11.4. The lowest BCUT2D eigenvalue weighted by molar-refractivity contribution is 0.246. The molecular formula is C16H18BrNO2. The number of nitrogens with two attached hydrogens (primary N) is 1. The SMILES string of the molecule is Cc1cc(Br)ccc1OCCCOc1cccc(N)c1. The van der Waals surface area contributed by atoms with Gasteiger partial charge in [0.1, 0.15) is 11.5 Å². The van der Waals surface area contributed by atoms with E-state index < -0.39 is 0 Å². The number of benzene rings is 2. The molecule has 0 saturated carbocycles. The van der Waals surface area contributed by atoms with Crippen molar-refractivity contribution < 1.29 is 9.47 Å². The van der Waals surface area contributed by atoms with Crippen LogP contribution in [0.2, 0.25) is 0 Å². The zero-order chi connectivity index (χ0) is 14.4. The average molecular weight is 336 g/mol. The summed E-state index contributed by atoms with van der Waals surface area (Å²) in [6.45, 7) is 3.27. The van der Waals surface area contributed by atoms with Gasteiger partial charge in [-0.2, -0.15) is 0 Å². The summed E-state index contributed by atoms with van der Waals surface area (Å²) in [5, 5.41) is 0. The summed E-state index contributed by atoms with van der Waals surface area (Å²) in [7, 11) is 0. The number of ether oxygens (including phenoxy) is 2. The largest absolute Gasteiger partial charge is 0.493 e. The van der Waals surface area contributed by atoms with Crippen molar-refractivity contribution in [3.8, 4) is 11.5 Å². The van der Waals surface area contributed by atoms with Crippen LogP contribution in [0.25, 0.3) is 0 Å². The number of nitrogen functional groups attached to an aromatic ring is 1. The molecule has 0 aliphatic heterocycles. The van der Waals surface area contributed by atoms with Gasteiger partial charge >= 0.3 is 0 Å². The molecule has 2 aromatic rings. The third-order valence-corrected chi connectivity index (χ3v) is 3.30. The summed E-state index contributed by atoms with van der Waals surface area (Å²) >= 11 is 3.44. The van der Waals surface area contributed by atoms with E-state index in [9.17, 15) is 0 Å². The molecule has 0 aliphatic rings. The van der Waals surface area contributed by atoms with Crippen LogP contribution in [-0.4, -0.2) is 13.2 Å². The molecule has 0 aromatic heterocycles. The molecule has 2 aromatic carbocycles. The van der Waals surface area contributed by atoms with Crippen molar-refractivity contribution in [2.75, 3.05) is 18.9 Å². The van der Waals surface area contributed by atoms with Gasteiger partial charge in [0.2, 0.25) is 0 Å². The molecule has 4 heteroatoms. The van der Waals surface area contributed by atoms with Crippen LogP contribution in [0.5, 0.6) is 11.5 Å². The number of halogens is 1. The number of hydrogen-bond acceptors (Lipinski definition) is 3. The monoisotopic (exact) mass is 335 g/mol. The van der Waals surface area contributed by atoms with Crippen LogP contribution < -0.4 is 15.2 Å². The molecule has 2 N–H and O–H groups in total. The third kappa shape index (κ3) is 4.46. The van der Waals surface area contributed by atoms with Gasteiger partial charge in [-0.05, 0) is 42.8 Å². The summed E-state index contributed by atoms with van der Waals surface area (Å²) in [4.78, 5) is 0. The second-order valence-corrected chi connectivity index (χ2v) is 5.45. The predicted octanol–water partition coefficient (Wildman–Crippen LogP) is 4.19. The first-order valence-electron chi connectivity index (χ1n) is 6.52. The molecular weight excluding hydrogens is 318 g/mol. The highest BCUT2D eigenvalue weighted by Crippen LogP contribution is 2.22. The Kier molecular flexibility index (Phi) is 5.30. The molecule has 20 heavy (non-hydrogen) atoms. The number of hydrogen-bond donors (Lipinski definition) is 1. The lowest BCUT2D eigenvalue weighted by Crippen LogP contribution is -2.05. The fraction of sp³-hybridized carbons (Fsp3) is 0.250. The van der Waals surface area contributed by atoms with Crippen LogP contribution in [-0.2, 0) is 0 Å². The van der Waals surface area contributed by atoms with Crippen molar-refractivity contribution >= 4 is 21.6 Å². The van der Waals surface area contributed by atoms with E-state index >= 15 is 0 Å². The molecule has 0 unspecified atom stereocenters. The van der Waals surface area contributed by atoms with E-state index in [2.05, 4.69) is 15.9 Å². The molecule has 2 rings (SSSR count). The Morgan fingerprint density at radius 3 is 2.60 bits per heavy atom. The Labute approximate surface area is 127 Å². The first kappa shape index (κ1) is 14.7. The molecule has 0 atom stereocenters. The van der Waals surface area contributed by atoms with Crippen molar-refractivity contribution in [3.05, 3.63) is 52.5 Å². The summed E-state index contributed by atoms with van der Waals surface area (Å²) in [6, 6.07) is 13.4. The van der Waals surface area contributed by atoms with Crippen molar-refractivity contribution in [2.45, 2.75) is 13.3 Å². The number of aryl methyl sites for hydroxylation is 1. The first-order chi connectivity index (χ1) is 9.65. The summed E-state index contributed by atoms with van der Waals surface area (Å²) in [6.07, 6.45) is 0.824. The van der Waals surface area contributed by atoms with E-state index in [1.165, 1.54) is 0 Å². The highest BCUT2D eigenvalue weighted by Gasteiger charge is 2.00. The van der Waals surface area contributed by atoms with E-state index in [4.69, 9.17) is 15.2 Å². The minimum absolute atomic E-state index is 0.610. The summed E-state index contributed by atoms with van der Waals surface area (Å²) < 4.78 is 12.4. The van der Waals surface area contributed by atoms with E-state index in [0.29, 0.717) is 18.9 Å². The fourth-order valence-corrected chi connectivity index (χ4v) is 2.29. The number of rotatable bonds is 6. The summed E-state index contributed by atoms with van der Waals surface area (Å²) in [5.74, 6) is 1.71. The van der Waals surface area contributed by atoms with Crippen LogP contribution >= 0.6 is 15.9 Å².